The zero-order chi connectivity index (χ0) is 29.4. The normalized spacial score (nSPS) is 16.6. The first-order valence-corrected chi connectivity index (χ1v) is 13.1. The number of amides is 3. The third-order valence-corrected chi connectivity index (χ3v) is 7.28. The van der Waals surface area contributed by atoms with Crippen LogP contribution >= 0.6 is 0 Å². The molecule has 3 N–H and O–H groups in total. The van der Waals surface area contributed by atoms with Crippen molar-refractivity contribution in [2.75, 3.05) is 11.9 Å². The largest absolute Gasteiger partial charge is 0.364 e. The van der Waals surface area contributed by atoms with Crippen molar-refractivity contribution in [1.29, 1.82) is 0 Å². The van der Waals surface area contributed by atoms with E-state index in [2.05, 4.69) is 30.8 Å². The molecule has 0 bridgehead atoms. The van der Waals surface area contributed by atoms with E-state index in [1.54, 1.807) is 72.5 Å². The Morgan fingerprint density at radius 3 is 2.64 bits per heavy atom. The van der Waals surface area contributed by atoms with E-state index in [0.717, 1.165) is 16.0 Å². The van der Waals surface area contributed by atoms with Gasteiger partial charge < -0.3 is 20.5 Å². The van der Waals surface area contributed by atoms with Crippen LogP contribution in [0.5, 0.6) is 0 Å². The molecule has 0 saturated carbocycles. The van der Waals surface area contributed by atoms with Gasteiger partial charge in [0.15, 0.2) is 11.5 Å². The number of likely N-dealkylation sites (tertiary alicyclic amines) is 1. The summed E-state index contributed by atoms with van der Waals surface area (Å²) in [6.45, 7) is -0.372. The molecule has 2 aromatic carbocycles. The van der Waals surface area contributed by atoms with Crippen LogP contribution in [-0.4, -0.2) is 69.7 Å². The molecule has 42 heavy (non-hydrogen) atoms. The molecular formula is C28H25FN10O3. The summed E-state index contributed by atoms with van der Waals surface area (Å²) in [5, 5.41) is 22.9. The third-order valence-electron chi connectivity index (χ3n) is 7.28. The smallest absolute Gasteiger partial charge is 0.283 e. The molecule has 0 aliphatic carbocycles. The number of rotatable bonds is 7. The number of benzene rings is 2. The highest BCUT2D eigenvalue weighted by Crippen LogP contribution is 2.35. The molecule has 3 aromatic heterocycles. The predicted molar refractivity (Wildman–Crippen MR) is 149 cm³/mol. The fourth-order valence-electron chi connectivity index (χ4n) is 5.21. The second-order valence-corrected chi connectivity index (χ2v) is 9.91. The summed E-state index contributed by atoms with van der Waals surface area (Å²) in [4.78, 5) is 40.0. The van der Waals surface area contributed by atoms with Gasteiger partial charge in [-0.2, -0.15) is 15.3 Å². The molecule has 1 fully saturated rings. The average molecular weight is 569 g/mol. The fourth-order valence-corrected chi connectivity index (χ4v) is 5.21. The number of nitrogens with one attached hydrogen (secondary N) is 1. The maximum absolute atomic E-state index is 16.4. The van der Waals surface area contributed by atoms with Gasteiger partial charge in [0.05, 0.1) is 23.6 Å². The Hall–Kier alpha value is -5.53. The van der Waals surface area contributed by atoms with Crippen molar-refractivity contribution in [2.24, 2.45) is 12.8 Å². The maximum Gasteiger partial charge on any atom is 0.283 e. The number of halogens is 1. The molecule has 1 atom stereocenters. The third kappa shape index (κ3) is 4.62. The van der Waals surface area contributed by atoms with E-state index in [1.807, 2.05) is 0 Å². The second-order valence-electron chi connectivity index (χ2n) is 9.91. The first-order valence-electron chi connectivity index (χ1n) is 13.1. The number of alkyl halides is 1. The molecule has 1 saturated heterocycles. The number of carbonyl (C=O) groups excluding carboxylic acids is 3. The Bertz CT molecular complexity index is 1840. The van der Waals surface area contributed by atoms with Crippen LogP contribution in [0, 0.1) is 0 Å². The molecule has 1 aliphatic rings. The topological polar surface area (TPSA) is 167 Å². The van der Waals surface area contributed by atoms with Gasteiger partial charge in [-0.15, -0.1) is 10.2 Å². The Balaban J connectivity index is 1.27. The van der Waals surface area contributed by atoms with Gasteiger partial charge in [0.25, 0.3) is 17.6 Å². The van der Waals surface area contributed by atoms with Gasteiger partial charge in [0.2, 0.25) is 5.91 Å². The summed E-state index contributed by atoms with van der Waals surface area (Å²) in [7, 11) is 1.75. The molecule has 3 amide bonds. The maximum atomic E-state index is 16.4. The van der Waals surface area contributed by atoms with Crippen molar-refractivity contribution in [1.82, 2.24) is 39.6 Å². The SMILES string of the molecule is Cn1cnnc1-c1ccccc1NC(=O)[C@@]1(F)CCCN1C(=O)Cn1nc(C(N)=O)c2cc(-c3ccnnc3)ccc21. The lowest BCUT2D eigenvalue weighted by molar-refractivity contribution is -0.153. The van der Waals surface area contributed by atoms with Crippen molar-refractivity contribution in [2.45, 2.75) is 25.2 Å². The summed E-state index contributed by atoms with van der Waals surface area (Å²) in [5.41, 5.74) is 8.40. The van der Waals surface area contributed by atoms with Crippen LogP contribution in [0.3, 0.4) is 0 Å². The second kappa shape index (κ2) is 10.5. The van der Waals surface area contributed by atoms with Crippen molar-refractivity contribution >= 4 is 34.3 Å². The Morgan fingerprint density at radius 1 is 1.07 bits per heavy atom. The van der Waals surface area contributed by atoms with Crippen LogP contribution < -0.4 is 11.1 Å². The number of primary amides is 1. The predicted octanol–water partition coefficient (Wildman–Crippen LogP) is 2.31. The fraction of sp³-hybridized carbons (Fsp3) is 0.214. The van der Waals surface area contributed by atoms with Gasteiger partial charge in [-0.1, -0.05) is 18.2 Å². The number of nitrogens with two attached hydrogens (primary N) is 1. The van der Waals surface area contributed by atoms with Crippen LogP contribution in [0.15, 0.2) is 67.3 Å². The molecule has 212 valence electrons. The van der Waals surface area contributed by atoms with Crippen molar-refractivity contribution in [3.05, 3.63) is 72.9 Å². The van der Waals surface area contributed by atoms with Crippen molar-refractivity contribution < 1.29 is 18.8 Å². The molecule has 0 spiro atoms. The molecule has 5 aromatic rings. The lowest BCUT2D eigenvalue weighted by Crippen LogP contribution is -2.53. The monoisotopic (exact) mass is 568 g/mol. The van der Waals surface area contributed by atoms with Gasteiger partial charge in [-0.25, -0.2) is 4.39 Å². The van der Waals surface area contributed by atoms with E-state index in [9.17, 15) is 14.4 Å². The van der Waals surface area contributed by atoms with Crippen molar-refractivity contribution in [3.63, 3.8) is 0 Å². The highest BCUT2D eigenvalue weighted by atomic mass is 19.1. The van der Waals surface area contributed by atoms with Gasteiger partial charge in [-0.05, 0) is 42.3 Å². The molecular weight excluding hydrogens is 543 g/mol. The van der Waals surface area contributed by atoms with Crippen molar-refractivity contribution in [3.8, 4) is 22.5 Å². The number of nitrogens with zero attached hydrogens (tertiary/aromatic N) is 8. The lowest BCUT2D eigenvalue weighted by Gasteiger charge is -2.30. The van der Waals surface area contributed by atoms with E-state index in [-0.39, 0.29) is 25.1 Å². The molecule has 6 rings (SSSR count). The number of fused-ring (bicyclic) bond motifs is 1. The summed E-state index contributed by atoms with van der Waals surface area (Å²) >= 11 is 0. The van der Waals surface area contributed by atoms with Crippen LogP contribution in [0.2, 0.25) is 0 Å². The van der Waals surface area contributed by atoms with E-state index in [4.69, 9.17) is 5.73 Å². The Kier molecular flexibility index (Phi) is 6.65. The zero-order valence-electron chi connectivity index (χ0n) is 22.4. The summed E-state index contributed by atoms with van der Waals surface area (Å²) in [5.74, 6) is -4.53. The number of anilines is 1. The quantitative estimate of drug-likeness (QED) is 0.282. The van der Waals surface area contributed by atoms with Gasteiger partial charge in [0, 0.05) is 36.5 Å². The van der Waals surface area contributed by atoms with Crippen LogP contribution in [0.1, 0.15) is 23.3 Å². The number of carbonyl (C=O) groups is 3. The Labute approximate surface area is 238 Å². The molecule has 0 radical (unpaired) electrons. The van der Waals surface area contributed by atoms with E-state index in [0.29, 0.717) is 28.0 Å². The first kappa shape index (κ1) is 26.7. The van der Waals surface area contributed by atoms with Gasteiger partial charge >= 0.3 is 0 Å². The van der Waals surface area contributed by atoms with E-state index in [1.165, 1.54) is 11.0 Å². The molecule has 0 unspecified atom stereocenters. The molecule has 4 heterocycles. The molecule has 13 nitrogen and oxygen atoms in total. The number of hydrogen-bond donors (Lipinski definition) is 2. The van der Waals surface area contributed by atoms with E-state index >= 15 is 4.39 Å². The van der Waals surface area contributed by atoms with Crippen LogP contribution in [0.25, 0.3) is 33.4 Å². The minimum Gasteiger partial charge on any atom is -0.364 e. The number of para-hydroxylation sites is 1. The first-order chi connectivity index (χ1) is 20.3. The standard InChI is InChI=1S/C28H25FN10O3/c1-37-16-33-35-26(37)19-5-2-3-6-21(19)34-27(42)28(29)10-4-12-38(28)23(40)15-39-22-8-7-17(18-9-11-31-32-14-18)13-20(22)24(36-39)25(30)41/h2-3,5-9,11,13-14,16H,4,10,12,15H2,1H3,(H2,30,41)(H,34,42)/t28-/m1/s1. The van der Waals surface area contributed by atoms with Gasteiger partial charge in [-0.3, -0.25) is 19.1 Å². The number of aryl methyl sites for hydroxylation is 1. The summed E-state index contributed by atoms with van der Waals surface area (Å²) in [6.07, 6.45) is 4.74. The van der Waals surface area contributed by atoms with Crippen LogP contribution in [0.4, 0.5) is 10.1 Å². The minimum absolute atomic E-state index is 0.0345. The summed E-state index contributed by atoms with van der Waals surface area (Å²) < 4.78 is 19.4. The zero-order valence-corrected chi connectivity index (χ0v) is 22.4. The minimum atomic E-state index is -2.60. The van der Waals surface area contributed by atoms with E-state index < -0.39 is 30.1 Å². The average Bonchev–Trinajstić information content (AvgIpc) is 3.71. The molecule has 1 aliphatic heterocycles. The highest BCUT2D eigenvalue weighted by molar-refractivity contribution is 6.06. The lowest BCUT2D eigenvalue weighted by atomic mass is 10.0. The number of aromatic nitrogens is 7. The Morgan fingerprint density at radius 2 is 1.90 bits per heavy atom. The van der Waals surface area contributed by atoms with Crippen LogP contribution in [-0.2, 0) is 23.2 Å². The summed E-state index contributed by atoms with van der Waals surface area (Å²) in [6, 6.07) is 13.8. The number of hydrogen-bond acceptors (Lipinski definition) is 8. The highest BCUT2D eigenvalue weighted by Gasteiger charge is 2.50. The molecule has 14 heteroatoms. The van der Waals surface area contributed by atoms with Gasteiger partial charge in [0.1, 0.15) is 12.9 Å².